The Morgan fingerprint density at radius 2 is 1.17 bits per heavy atom. The monoisotopic (exact) mass is 652 g/mol. The van der Waals surface area contributed by atoms with Crippen LogP contribution < -0.4 is 26.6 Å². The zero-order valence-electron chi connectivity index (χ0n) is 27.8. The number of nitrogens with one attached hydrogen (secondary N) is 5. The summed E-state index contributed by atoms with van der Waals surface area (Å²) in [6.45, 7) is 11.6. The summed E-state index contributed by atoms with van der Waals surface area (Å²) < 4.78 is 0. The summed E-state index contributed by atoms with van der Waals surface area (Å²) in [4.78, 5) is 90.9. The van der Waals surface area contributed by atoms with E-state index in [1.54, 1.807) is 32.6 Å². The predicted molar refractivity (Wildman–Crippen MR) is 167 cm³/mol. The van der Waals surface area contributed by atoms with Crippen molar-refractivity contribution in [1.82, 2.24) is 31.5 Å². The first kappa shape index (κ1) is 38.3. The largest absolute Gasteiger partial charge is 0.481 e. The molecule has 0 spiro atoms. The lowest BCUT2D eigenvalue weighted by molar-refractivity contribution is -0.145. The van der Waals surface area contributed by atoms with Crippen molar-refractivity contribution in [3.8, 4) is 0 Å². The van der Waals surface area contributed by atoms with E-state index in [1.165, 1.54) is 0 Å². The molecule has 1 saturated heterocycles. The number of carbonyl (C=O) groups is 7. The molecule has 15 heteroatoms. The van der Waals surface area contributed by atoms with E-state index in [1.807, 2.05) is 0 Å². The molecule has 15 nitrogen and oxygen atoms in total. The Morgan fingerprint density at radius 3 is 1.67 bits per heavy atom. The standard InChI is InChI=1S/C31H52N6O9/c1-16(2)24(35-31(46)36-26-18(5)10-9-11-19(26)6)29(43)33-20(14-22(38)37-12-7-8-13-37)27(41)32-21(15-23(39)40)28(42)34-25(17(3)4)30(44)45/h16-21,24-26H,7-15H2,1-6H3,(H,32,41)(H,33,43)(H,34,42)(H,39,40)(H,44,45)(H2,35,36,46)/t18-,19-,20+,21+,24+,25+/m1/s1. The van der Waals surface area contributed by atoms with E-state index in [4.69, 9.17) is 0 Å². The lowest BCUT2D eigenvalue weighted by Gasteiger charge is -2.35. The van der Waals surface area contributed by atoms with Crippen LogP contribution in [0.15, 0.2) is 0 Å². The zero-order chi connectivity index (χ0) is 34.7. The van der Waals surface area contributed by atoms with Gasteiger partial charge in [-0.3, -0.25) is 24.0 Å². The lowest BCUT2D eigenvalue weighted by atomic mass is 9.79. The summed E-state index contributed by atoms with van der Waals surface area (Å²) in [6.07, 6.45) is 3.23. The maximum Gasteiger partial charge on any atom is 0.326 e. The fraction of sp³-hybridized carbons (Fsp3) is 0.774. The highest BCUT2D eigenvalue weighted by atomic mass is 16.4. The van der Waals surface area contributed by atoms with E-state index in [2.05, 4.69) is 40.4 Å². The number of urea groups is 1. The van der Waals surface area contributed by atoms with Gasteiger partial charge >= 0.3 is 18.0 Å². The van der Waals surface area contributed by atoms with Gasteiger partial charge in [0, 0.05) is 19.1 Å². The smallest absolute Gasteiger partial charge is 0.326 e. The van der Waals surface area contributed by atoms with Crippen molar-refractivity contribution in [2.24, 2.45) is 23.7 Å². The maximum absolute atomic E-state index is 13.6. The van der Waals surface area contributed by atoms with Gasteiger partial charge in [0.25, 0.3) is 0 Å². The Kier molecular flexibility index (Phi) is 14.7. The first-order valence-corrected chi connectivity index (χ1v) is 16.2. The molecular formula is C31H52N6O9. The summed E-state index contributed by atoms with van der Waals surface area (Å²) in [6, 6.07) is -6.27. The Morgan fingerprint density at radius 1 is 0.674 bits per heavy atom. The summed E-state index contributed by atoms with van der Waals surface area (Å²) in [5.74, 6) is -6.44. The third-order valence-corrected chi connectivity index (χ3v) is 8.79. The molecule has 0 radical (unpaired) electrons. The van der Waals surface area contributed by atoms with Crippen molar-refractivity contribution in [3.63, 3.8) is 0 Å². The minimum absolute atomic E-state index is 0.0741. The van der Waals surface area contributed by atoms with Crippen molar-refractivity contribution < 1.29 is 43.8 Å². The maximum atomic E-state index is 13.6. The molecule has 2 aliphatic rings. The van der Waals surface area contributed by atoms with Gasteiger partial charge in [-0.25, -0.2) is 9.59 Å². The van der Waals surface area contributed by atoms with Gasteiger partial charge in [0.15, 0.2) is 0 Å². The number of hydrogen-bond acceptors (Lipinski definition) is 7. The number of likely N-dealkylation sites (tertiary alicyclic amines) is 1. The van der Waals surface area contributed by atoms with Gasteiger partial charge in [-0.15, -0.1) is 0 Å². The van der Waals surface area contributed by atoms with Gasteiger partial charge in [-0.2, -0.15) is 0 Å². The van der Waals surface area contributed by atoms with Gasteiger partial charge < -0.3 is 41.7 Å². The van der Waals surface area contributed by atoms with E-state index in [0.717, 1.165) is 32.1 Å². The van der Waals surface area contributed by atoms with Crippen LogP contribution in [-0.4, -0.2) is 100 Å². The van der Waals surface area contributed by atoms with E-state index >= 15 is 0 Å². The number of rotatable bonds is 15. The average Bonchev–Trinajstić information content (AvgIpc) is 3.50. The quantitative estimate of drug-likeness (QED) is 0.133. The van der Waals surface area contributed by atoms with Crippen molar-refractivity contribution in [2.75, 3.05) is 13.1 Å². The molecule has 1 saturated carbocycles. The molecule has 2 fully saturated rings. The topological polar surface area (TPSA) is 223 Å². The second-order valence-electron chi connectivity index (χ2n) is 13.3. The highest BCUT2D eigenvalue weighted by molar-refractivity contribution is 5.98. The molecule has 0 aromatic heterocycles. The minimum atomic E-state index is -1.70. The van der Waals surface area contributed by atoms with Crippen LogP contribution >= 0.6 is 0 Å². The number of hydrogen-bond donors (Lipinski definition) is 7. The van der Waals surface area contributed by atoms with Crippen molar-refractivity contribution in [3.05, 3.63) is 0 Å². The number of nitrogens with zero attached hydrogens (tertiary/aromatic N) is 1. The van der Waals surface area contributed by atoms with Crippen LogP contribution in [0.2, 0.25) is 0 Å². The van der Waals surface area contributed by atoms with E-state index < -0.39 is 90.4 Å². The molecule has 1 heterocycles. The second kappa shape index (κ2) is 17.7. The molecule has 0 aromatic carbocycles. The molecule has 1 aliphatic heterocycles. The molecule has 0 bridgehead atoms. The lowest BCUT2D eigenvalue weighted by Crippen LogP contribution is -2.61. The molecule has 2 rings (SSSR count). The molecule has 6 atom stereocenters. The van der Waals surface area contributed by atoms with Crippen LogP contribution in [0.1, 0.15) is 86.5 Å². The highest BCUT2D eigenvalue weighted by Gasteiger charge is 2.36. The highest BCUT2D eigenvalue weighted by Crippen LogP contribution is 2.28. The average molecular weight is 653 g/mol. The van der Waals surface area contributed by atoms with Crippen LogP contribution in [0, 0.1) is 23.7 Å². The van der Waals surface area contributed by atoms with E-state index in [0.29, 0.717) is 13.1 Å². The Balaban J connectivity index is 2.25. The minimum Gasteiger partial charge on any atom is -0.481 e. The zero-order valence-corrected chi connectivity index (χ0v) is 27.8. The molecule has 0 aromatic rings. The number of amides is 6. The predicted octanol–water partition coefficient (Wildman–Crippen LogP) is 0.817. The van der Waals surface area contributed by atoms with Crippen LogP contribution in [-0.2, 0) is 28.8 Å². The van der Waals surface area contributed by atoms with Crippen LogP contribution in [0.5, 0.6) is 0 Å². The number of carboxylic acid groups (broad SMARTS) is 2. The molecule has 0 unspecified atom stereocenters. The van der Waals surface area contributed by atoms with Crippen molar-refractivity contribution in [2.45, 2.75) is 117 Å². The normalized spacial score (nSPS) is 21.1. The van der Waals surface area contributed by atoms with Gasteiger partial charge in [0.1, 0.15) is 24.2 Å². The number of carboxylic acids is 2. The van der Waals surface area contributed by atoms with Gasteiger partial charge in [-0.05, 0) is 49.4 Å². The molecule has 1 aliphatic carbocycles. The van der Waals surface area contributed by atoms with Crippen molar-refractivity contribution in [1.29, 1.82) is 0 Å². The second-order valence-corrected chi connectivity index (χ2v) is 13.3. The van der Waals surface area contributed by atoms with E-state index in [-0.39, 0.29) is 17.9 Å². The molecular weight excluding hydrogens is 600 g/mol. The molecule has 46 heavy (non-hydrogen) atoms. The Bertz CT molecular complexity index is 1110. The summed E-state index contributed by atoms with van der Waals surface area (Å²) in [7, 11) is 0. The first-order valence-electron chi connectivity index (χ1n) is 16.2. The van der Waals surface area contributed by atoms with Crippen LogP contribution in [0.3, 0.4) is 0 Å². The van der Waals surface area contributed by atoms with Gasteiger partial charge in [0.2, 0.25) is 23.6 Å². The van der Waals surface area contributed by atoms with E-state index in [9.17, 15) is 43.8 Å². The molecule has 7 N–H and O–H groups in total. The van der Waals surface area contributed by atoms with Gasteiger partial charge in [0.05, 0.1) is 12.8 Å². The first-order chi connectivity index (χ1) is 21.5. The van der Waals surface area contributed by atoms with Crippen molar-refractivity contribution >= 4 is 41.6 Å². The fourth-order valence-electron chi connectivity index (χ4n) is 6.00. The SMILES string of the molecule is CC(C)[C@H](NC(=O)[C@H](CC(=O)O)NC(=O)[C@H](CC(=O)N1CCCC1)NC(=O)[C@@H](NC(=O)NC1[C@H](C)CCC[C@H]1C)C(C)C)C(=O)O. The molecule has 260 valence electrons. The number of aliphatic carboxylic acids is 2. The summed E-state index contributed by atoms with van der Waals surface area (Å²) in [5.41, 5.74) is 0. The fourth-order valence-corrected chi connectivity index (χ4v) is 6.00. The third-order valence-electron chi connectivity index (χ3n) is 8.79. The Labute approximate surface area is 270 Å². The van der Waals surface area contributed by atoms with Crippen LogP contribution in [0.4, 0.5) is 4.79 Å². The number of carbonyl (C=O) groups excluding carboxylic acids is 5. The van der Waals surface area contributed by atoms with Crippen LogP contribution in [0.25, 0.3) is 0 Å². The molecule has 6 amide bonds. The Hall–Kier alpha value is -3.91. The summed E-state index contributed by atoms with van der Waals surface area (Å²) >= 11 is 0. The van der Waals surface area contributed by atoms with Gasteiger partial charge in [-0.1, -0.05) is 48.0 Å². The summed E-state index contributed by atoms with van der Waals surface area (Å²) in [5, 5.41) is 31.6. The third kappa shape index (κ3) is 11.5.